The van der Waals surface area contributed by atoms with Crippen molar-refractivity contribution in [2.24, 2.45) is 0 Å². The second-order valence-electron chi connectivity index (χ2n) is 6.94. The van der Waals surface area contributed by atoms with E-state index in [9.17, 15) is 18.0 Å². The summed E-state index contributed by atoms with van der Waals surface area (Å²) in [6.45, 7) is 0.657. The van der Waals surface area contributed by atoms with E-state index in [4.69, 9.17) is 16.3 Å². The molecule has 0 aromatic heterocycles. The molecule has 1 heterocycles. The van der Waals surface area contributed by atoms with Crippen molar-refractivity contribution >= 4 is 33.5 Å². The van der Waals surface area contributed by atoms with Gasteiger partial charge in [0.15, 0.2) is 0 Å². The smallest absolute Gasteiger partial charge is 0.325 e. The predicted molar refractivity (Wildman–Crippen MR) is 113 cm³/mol. The number of carbonyl (C=O) groups excluding carboxylic acids is 2. The van der Waals surface area contributed by atoms with Crippen LogP contribution in [0, 0.1) is 0 Å². The summed E-state index contributed by atoms with van der Waals surface area (Å²) in [5.74, 6) is -1.26. The van der Waals surface area contributed by atoms with E-state index in [1.165, 1.54) is 22.5 Å². The first kappa shape index (κ1) is 22.3. The highest BCUT2D eigenvalue weighted by molar-refractivity contribution is 7.89. The second-order valence-corrected chi connectivity index (χ2v) is 9.28. The summed E-state index contributed by atoms with van der Waals surface area (Å²) < 4.78 is 32.2. The second kappa shape index (κ2) is 10.1. The van der Waals surface area contributed by atoms with Gasteiger partial charge in [0.2, 0.25) is 10.0 Å². The van der Waals surface area contributed by atoms with Gasteiger partial charge in [-0.25, -0.2) is 8.42 Å². The van der Waals surface area contributed by atoms with Gasteiger partial charge in [-0.3, -0.25) is 9.59 Å². The van der Waals surface area contributed by atoms with Gasteiger partial charge in [-0.2, -0.15) is 4.31 Å². The third-order valence-corrected chi connectivity index (χ3v) is 7.00. The molecular weight excluding hydrogens is 428 g/mol. The van der Waals surface area contributed by atoms with Crippen molar-refractivity contribution in [3.05, 3.63) is 64.7 Å². The summed E-state index contributed by atoms with van der Waals surface area (Å²) in [7, 11) is -3.70. The molecule has 2 aromatic rings. The van der Waals surface area contributed by atoms with Gasteiger partial charge in [0.25, 0.3) is 5.91 Å². The molecule has 0 unspecified atom stereocenters. The lowest BCUT2D eigenvalue weighted by atomic mass is 10.2. The van der Waals surface area contributed by atoms with E-state index in [2.05, 4.69) is 5.32 Å². The lowest BCUT2D eigenvalue weighted by molar-refractivity contribution is -0.143. The fourth-order valence-corrected chi connectivity index (χ4v) is 4.88. The summed E-state index contributed by atoms with van der Waals surface area (Å²) in [4.78, 5) is 24.4. The van der Waals surface area contributed by atoms with Gasteiger partial charge >= 0.3 is 5.97 Å². The topological polar surface area (TPSA) is 92.8 Å². The summed E-state index contributed by atoms with van der Waals surface area (Å²) in [6.07, 6.45) is 2.62. The highest BCUT2D eigenvalue weighted by Gasteiger charge is 2.27. The largest absolute Gasteiger partial charge is 0.460 e. The van der Waals surface area contributed by atoms with Crippen molar-refractivity contribution in [2.45, 2.75) is 30.8 Å². The number of halogens is 1. The SMILES string of the molecule is O=C(CNC(=O)c1cc(S(=O)(=O)N2CCCCC2)ccc1Cl)OCc1ccccc1. The number of hydrogen-bond acceptors (Lipinski definition) is 5. The summed E-state index contributed by atoms with van der Waals surface area (Å²) in [6, 6.07) is 13.2. The first-order valence-corrected chi connectivity index (χ1v) is 11.5. The maximum Gasteiger partial charge on any atom is 0.325 e. The zero-order valence-corrected chi connectivity index (χ0v) is 17.9. The molecule has 1 N–H and O–H groups in total. The number of rotatable bonds is 7. The molecule has 7 nitrogen and oxygen atoms in total. The predicted octanol–water partition coefficient (Wildman–Crippen LogP) is 2.99. The van der Waals surface area contributed by atoms with Crippen molar-refractivity contribution in [1.29, 1.82) is 0 Å². The third-order valence-electron chi connectivity index (χ3n) is 4.77. The van der Waals surface area contributed by atoms with Gasteiger partial charge in [0.05, 0.1) is 15.5 Å². The molecule has 1 aliphatic rings. The lowest BCUT2D eigenvalue weighted by Crippen LogP contribution is -2.36. The van der Waals surface area contributed by atoms with Crippen LogP contribution >= 0.6 is 11.6 Å². The first-order chi connectivity index (χ1) is 14.4. The zero-order valence-electron chi connectivity index (χ0n) is 16.3. The van der Waals surface area contributed by atoms with Gasteiger partial charge in [0, 0.05) is 13.1 Å². The van der Waals surface area contributed by atoms with Crippen LogP contribution in [0.3, 0.4) is 0 Å². The monoisotopic (exact) mass is 450 g/mol. The molecular formula is C21H23ClN2O5S. The number of ether oxygens (including phenoxy) is 1. The maximum absolute atomic E-state index is 12.8. The van der Waals surface area contributed by atoms with E-state index in [0.717, 1.165) is 24.8 Å². The Kier molecular flexibility index (Phi) is 7.47. The quantitative estimate of drug-likeness (QED) is 0.654. The van der Waals surface area contributed by atoms with Crippen LogP contribution in [0.4, 0.5) is 0 Å². The molecule has 0 saturated carbocycles. The van der Waals surface area contributed by atoms with Crippen LogP contribution in [0.15, 0.2) is 53.4 Å². The van der Waals surface area contributed by atoms with E-state index in [0.29, 0.717) is 13.1 Å². The Hall–Kier alpha value is -2.42. The minimum absolute atomic E-state index is 0.00519. The van der Waals surface area contributed by atoms with E-state index >= 15 is 0 Å². The summed E-state index contributed by atoms with van der Waals surface area (Å²) in [5.41, 5.74) is 0.821. The average molecular weight is 451 g/mol. The van der Waals surface area contributed by atoms with Crippen molar-refractivity contribution < 1.29 is 22.7 Å². The number of carbonyl (C=O) groups is 2. The van der Waals surface area contributed by atoms with Crippen LogP contribution in [-0.2, 0) is 26.2 Å². The highest BCUT2D eigenvalue weighted by Crippen LogP contribution is 2.25. The fraction of sp³-hybridized carbons (Fsp3) is 0.333. The van der Waals surface area contributed by atoms with Crippen LogP contribution in [0.1, 0.15) is 35.2 Å². The Morgan fingerprint density at radius 1 is 1.03 bits per heavy atom. The van der Waals surface area contributed by atoms with Crippen molar-refractivity contribution in [3.8, 4) is 0 Å². The number of sulfonamides is 1. The number of esters is 1. The lowest BCUT2D eigenvalue weighted by Gasteiger charge is -2.26. The van der Waals surface area contributed by atoms with Crippen LogP contribution in [0.2, 0.25) is 5.02 Å². The minimum Gasteiger partial charge on any atom is -0.460 e. The molecule has 0 bridgehead atoms. The number of nitrogens with one attached hydrogen (secondary N) is 1. The van der Waals surface area contributed by atoms with E-state index in [1.807, 2.05) is 30.3 Å². The van der Waals surface area contributed by atoms with Gasteiger partial charge < -0.3 is 10.1 Å². The number of benzene rings is 2. The molecule has 0 atom stereocenters. The van der Waals surface area contributed by atoms with Gasteiger partial charge in [-0.15, -0.1) is 0 Å². The van der Waals surface area contributed by atoms with Crippen molar-refractivity contribution in [3.63, 3.8) is 0 Å². The van der Waals surface area contributed by atoms with Crippen molar-refractivity contribution in [1.82, 2.24) is 9.62 Å². The van der Waals surface area contributed by atoms with Gasteiger partial charge in [-0.05, 0) is 36.6 Å². The molecule has 160 valence electrons. The van der Waals surface area contributed by atoms with Gasteiger partial charge in [-0.1, -0.05) is 48.4 Å². The van der Waals surface area contributed by atoms with E-state index in [1.54, 1.807) is 0 Å². The van der Waals surface area contributed by atoms with Gasteiger partial charge in [0.1, 0.15) is 13.2 Å². The number of piperidine rings is 1. The van der Waals surface area contributed by atoms with Crippen LogP contribution in [0.5, 0.6) is 0 Å². The van der Waals surface area contributed by atoms with E-state index < -0.39 is 21.9 Å². The Balaban J connectivity index is 1.62. The normalized spacial score (nSPS) is 14.8. The molecule has 30 heavy (non-hydrogen) atoms. The van der Waals surface area contributed by atoms with Crippen LogP contribution < -0.4 is 5.32 Å². The number of nitrogens with zero attached hydrogens (tertiary/aromatic N) is 1. The molecule has 3 rings (SSSR count). The summed E-state index contributed by atoms with van der Waals surface area (Å²) >= 11 is 6.10. The molecule has 1 saturated heterocycles. The zero-order chi connectivity index (χ0) is 21.6. The number of amides is 1. The fourth-order valence-electron chi connectivity index (χ4n) is 3.13. The third kappa shape index (κ3) is 5.59. The van der Waals surface area contributed by atoms with Crippen LogP contribution in [-0.4, -0.2) is 44.2 Å². The molecule has 1 fully saturated rings. The molecule has 9 heteroatoms. The van der Waals surface area contributed by atoms with Crippen molar-refractivity contribution in [2.75, 3.05) is 19.6 Å². The Bertz CT molecular complexity index is 1010. The van der Waals surface area contributed by atoms with E-state index in [-0.39, 0.29) is 28.6 Å². The number of hydrogen-bond donors (Lipinski definition) is 1. The van der Waals surface area contributed by atoms with Crippen LogP contribution in [0.25, 0.3) is 0 Å². The summed E-state index contributed by atoms with van der Waals surface area (Å²) in [5, 5.41) is 2.53. The standard InChI is InChI=1S/C21H23ClN2O5S/c22-19-10-9-17(30(27,28)24-11-5-2-6-12-24)13-18(19)21(26)23-14-20(25)29-15-16-7-3-1-4-8-16/h1,3-4,7-10,13H,2,5-6,11-12,14-15H2,(H,23,26). The maximum atomic E-state index is 12.8. The molecule has 0 radical (unpaired) electrons. The average Bonchev–Trinajstić information content (AvgIpc) is 2.77. The molecule has 1 amide bonds. The Labute approximate surface area is 181 Å². The molecule has 1 aliphatic heterocycles. The minimum atomic E-state index is -3.70. The highest BCUT2D eigenvalue weighted by atomic mass is 35.5. The molecule has 2 aromatic carbocycles. The Morgan fingerprint density at radius 2 is 1.73 bits per heavy atom. The molecule has 0 aliphatic carbocycles. The Morgan fingerprint density at radius 3 is 2.43 bits per heavy atom. The molecule has 0 spiro atoms. The first-order valence-electron chi connectivity index (χ1n) is 9.65.